The summed E-state index contributed by atoms with van der Waals surface area (Å²) in [5, 5.41) is 4.85. The molecule has 0 bridgehead atoms. The van der Waals surface area contributed by atoms with Crippen LogP contribution in [0.4, 0.5) is 0 Å². The van der Waals surface area contributed by atoms with Crippen molar-refractivity contribution in [3.8, 4) is 0 Å². The summed E-state index contributed by atoms with van der Waals surface area (Å²) in [5.74, 6) is -0.279. The molecule has 0 saturated carbocycles. The Labute approximate surface area is 86.2 Å². The third-order valence-corrected chi connectivity index (χ3v) is 1.26. The molecular formula is C9H22N2O3. The third-order valence-electron chi connectivity index (χ3n) is 1.26. The zero-order chi connectivity index (χ0) is 9.40. The highest BCUT2D eigenvalue weighted by Crippen LogP contribution is 1.81. The van der Waals surface area contributed by atoms with Crippen LogP contribution < -0.4 is 10.6 Å². The number of hydrogen-bond acceptors (Lipinski definition) is 3. The van der Waals surface area contributed by atoms with Crippen LogP contribution in [0, 0.1) is 0 Å². The summed E-state index contributed by atoms with van der Waals surface area (Å²) in [5.41, 5.74) is 0. The SMILES string of the molecule is C.C.CNC(=O)CCOCC(=O)NC. The minimum Gasteiger partial charge on any atom is -0.371 e. The Bertz CT molecular complexity index is 142. The number of carbonyl (C=O) groups excluding carboxylic acids is 2. The Balaban J connectivity index is -0.000000605. The van der Waals surface area contributed by atoms with E-state index in [0.717, 1.165) is 0 Å². The number of ether oxygens (including phenoxy) is 1. The average molecular weight is 206 g/mol. The summed E-state index contributed by atoms with van der Waals surface area (Å²) >= 11 is 0. The lowest BCUT2D eigenvalue weighted by atomic mass is 10.4. The lowest BCUT2D eigenvalue weighted by molar-refractivity contribution is -0.127. The Morgan fingerprint density at radius 2 is 1.57 bits per heavy atom. The predicted octanol–water partition coefficient (Wildman–Crippen LogP) is 0.157. The van der Waals surface area contributed by atoms with Crippen molar-refractivity contribution in [3.05, 3.63) is 0 Å². The number of nitrogens with one attached hydrogen (secondary N) is 2. The molecule has 86 valence electrons. The van der Waals surface area contributed by atoms with Crippen molar-refractivity contribution < 1.29 is 14.3 Å². The van der Waals surface area contributed by atoms with E-state index in [-0.39, 0.29) is 46.3 Å². The van der Waals surface area contributed by atoms with Crippen LogP contribution in [0.1, 0.15) is 21.3 Å². The summed E-state index contributed by atoms with van der Waals surface area (Å²) in [6.45, 7) is 0.278. The van der Waals surface area contributed by atoms with Gasteiger partial charge in [0.1, 0.15) is 6.61 Å². The van der Waals surface area contributed by atoms with E-state index < -0.39 is 0 Å². The molecule has 5 heteroatoms. The number of carbonyl (C=O) groups is 2. The summed E-state index contributed by atoms with van der Waals surface area (Å²) in [6.07, 6.45) is 0.285. The van der Waals surface area contributed by atoms with Gasteiger partial charge in [-0.1, -0.05) is 14.9 Å². The molecule has 14 heavy (non-hydrogen) atoms. The summed E-state index contributed by atoms with van der Waals surface area (Å²) < 4.78 is 4.89. The standard InChI is InChI=1S/C7H14N2O3.2CH4/c1-8-6(10)3-4-12-5-7(11)9-2;;/h3-5H2,1-2H3,(H,8,10)(H,9,11);2*1H4. The molecule has 0 atom stereocenters. The maximum Gasteiger partial charge on any atom is 0.245 e. The molecule has 0 aliphatic rings. The second-order valence-corrected chi connectivity index (χ2v) is 2.15. The van der Waals surface area contributed by atoms with Gasteiger partial charge in [-0.05, 0) is 0 Å². The Hall–Kier alpha value is -1.10. The lowest BCUT2D eigenvalue weighted by Crippen LogP contribution is -2.25. The van der Waals surface area contributed by atoms with Gasteiger partial charge in [0.2, 0.25) is 11.8 Å². The quantitative estimate of drug-likeness (QED) is 0.629. The van der Waals surface area contributed by atoms with Crippen LogP contribution >= 0.6 is 0 Å². The van der Waals surface area contributed by atoms with Gasteiger partial charge in [0, 0.05) is 20.5 Å². The van der Waals surface area contributed by atoms with Crippen LogP contribution in [0.15, 0.2) is 0 Å². The monoisotopic (exact) mass is 206 g/mol. The summed E-state index contributed by atoms with van der Waals surface area (Å²) in [4.78, 5) is 21.2. The van der Waals surface area contributed by atoms with Crippen LogP contribution in [-0.4, -0.2) is 39.1 Å². The lowest BCUT2D eigenvalue weighted by Gasteiger charge is -2.01. The van der Waals surface area contributed by atoms with Gasteiger partial charge in [0.05, 0.1) is 6.61 Å². The van der Waals surface area contributed by atoms with E-state index >= 15 is 0 Å². The minimum absolute atomic E-state index is 0. The first kappa shape index (κ1) is 18.6. The molecule has 0 unspecified atom stereocenters. The fourth-order valence-corrected chi connectivity index (χ4v) is 0.527. The van der Waals surface area contributed by atoms with E-state index in [1.165, 1.54) is 7.05 Å². The predicted molar refractivity (Wildman–Crippen MR) is 57.0 cm³/mol. The molecule has 2 amide bonds. The van der Waals surface area contributed by atoms with Gasteiger partial charge in [-0.3, -0.25) is 9.59 Å². The van der Waals surface area contributed by atoms with E-state index in [1.54, 1.807) is 7.05 Å². The molecule has 5 nitrogen and oxygen atoms in total. The van der Waals surface area contributed by atoms with E-state index in [0.29, 0.717) is 0 Å². The highest BCUT2D eigenvalue weighted by atomic mass is 16.5. The van der Waals surface area contributed by atoms with Crippen molar-refractivity contribution in [2.75, 3.05) is 27.3 Å². The third kappa shape index (κ3) is 10.9. The first-order chi connectivity index (χ1) is 5.70. The van der Waals surface area contributed by atoms with Crippen LogP contribution in [0.5, 0.6) is 0 Å². The zero-order valence-corrected chi connectivity index (χ0v) is 7.35. The molecule has 0 aromatic carbocycles. The zero-order valence-electron chi connectivity index (χ0n) is 7.35. The molecule has 0 aliphatic heterocycles. The van der Waals surface area contributed by atoms with Crippen LogP contribution in [0.25, 0.3) is 0 Å². The van der Waals surface area contributed by atoms with E-state index in [9.17, 15) is 9.59 Å². The molecule has 0 spiro atoms. The molecule has 0 rings (SSSR count). The molecule has 0 heterocycles. The fraction of sp³-hybridized carbons (Fsp3) is 0.778. The molecular weight excluding hydrogens is 184 g/mol. The van der Waals surface area contributed by atoms with Crippen LogP contribution in [0.3, 0.4) is 0 Å². The highest BCUT2D eigenvalue weighted by Gasteiger charge is 1.99. The summed E-state index contributed by atoms with van der Waals surface area (Å²) in [6, 6.07) is 0. The minimum atomic E-state index is -0.188. The molecule has 2 N–H and O–H groups in total. The highest BCUT2D eigenvalue weighted by molar-refractivity contribution is 5.77. The van der Waals surface area contributed by atoms with Gasteiger partial charge in [0.25, 0.3) is 0 Å². The maximum absolute atomic E-state index is 10.6. The smallest absolute Gasteiger partial charge is 0.245 e. The Kier molecular flexibility index (Phi) is 15.8. The van der Waals surface area contributed by atoms with Gasteiger partial charge in [-0.15, -0.1) is 0 Å². The van der Waals surface area contributed by atoms with Gasteiger partial charge in [-0.25, -0.2) is 0 Å². The van der Waals surface area contributed by atoms with E-state index in [1.807, 2.05) is 0 Å². The molecule has 0 aliphatic carbocycles. The van der Waals surface area contributed by atoms with Crippen molar-refractivity contribution in [1.82, 2.24) is 10.6 Å². The fourth-order valence-electron chi connectivity index (χ4n) is 0.527. The first-order valence-corrected chi connectivity index (χ1v) is 3.69. The normalized spacial score (nSPS) is 7.86. The Morgan fingerprint density at radius 1 is 1.07 bits per heavy atom. The second-order valence-electron chi connectivity index (χ2n) is 2.15. The van der Waals surface area contributed by atoms with Crippen molar-refractivity contribution in [3.63, 3.8) is 0 Å². The molecule has 0 aromatic rings. The van der Waals surface area contributed by atoms with E-state index in [2.05, 4.69) is 10.6 Å². The second kappa shape index (κ2) is 11.9. The topological polar surface area (TPSA) is 67.4 Å². The average Bonchev–Trinajstić information content (AvgIpc) is 2.11. The number of likely N-dealkylation sites (N-methyl/N-ethyl adjacent to an activating group) is 1. The maximum atomic E-state index is 10.6. The number of rotatable bonds is 5. The number of hydrogen-bond donors (Lipinski definition) is 2. The van der Waals surface area contributed by atoms with Gasteiger partial charge in [0.15, 0.2) is 0 Å². The van der Waals surface area contributed by atoms with Crippen LogP contribution in [-0.2, 0) is 14.3 Å². The van der Waals surface area contributed by atoms with Crippen molar-refractivity contribution in [2.24, 2.45) is 0 Å². The molecule has 0 aromatic heterocycles. The van der Waals surface area contributed by atoms with Crippen molar-refractivity contribution in [1.29, 1.82) is 0 Å². The summed E-state index contributed by atoms with van der Waals surface area (Å²) in [7, 11) is 3.09. The van der Waals surface area contributed by atoms with Gasteiger partial charge >= 0.3 is 0 Å². The van der Waals surface area contributed by atoms with Crippen LogP contribution in [0.2, 0.25) is 0 Å². The Morgan fingerprint density at radius 3 is 2.00 bits per heavy atom. The van der Waals surface area contributed by atoms with Crippen molar-refractivity contribution in [2.45, 2.75) is 21.3 Å². The molecule has 0 radical (unpaired) electrons. The number of amides is 2. The van der Waals surface area contributed by atoms with Crippen molar-refractivity contribution >= 4 is 11.8 Å². The van der Waals surface area contributed by atoms with E-state index in [4.69, 9.17) is 4.74 Å². The van der Waals surface area contributed by atoms with Gasteiger partial charge < -0.3 is 15.4 Å². The largest absolute Gasteiger partial charge is 0.371 e. The first-order valence-electron chi connectivity index (χ1n) is 3.69. The molecule has 0 saturated heterocycles. The van der Waals surface area contributed by atoms with Gasteiger partial charge in [-0.2, -0.15) is 0 Å². The molecule has 0 fully saturated rings.